The van der Waals surface area contributed by atoms with E-state index in [1.165, 1.54) is 10.9 Å². The molecule has 0 aliphatic carbocycles. The first kappa shape index (κ1) is 16.6. The molecule has 0 spiro atoms. The first-order chi connectivity index (χ1) is 12.1. The van der Waals surface area contributed by atoms with Gasteiger partial charge in [0.1, 0.15) is 0 Å². The molecular weight excluding hydrogens is 318 g/mol. The van der Waals surface area contributed by atoms with Crippen molar-refractivity contribution in [3.8, 4) is 0 Å². The smallest absolute Gasteiger partial charge is 0.256 e. The maximum absolute atomic E-state index is 12.9. The van der Waals surface area contributed by atoms with Gasteiger partial charge in [-0.2, -0.15) is 0 Å². The molecule has 3 heterocycles. The van der Waals surface area contributed by atoms with Crippen LogP contribution in [-0.4, -0.2) is 72.3 Å². The Morgan fingerprint density at radius 1 is 1.20 bits per heavy atom. The predicted octanol–water partition coefficient (Wildman–Crippen LogP) is 1.62. The molecule has 2 aliphatic heterocycles. The Balaban J connectivity index is 1.45. The number of nitrogens with zero attached hydrogens (tertiary/aromatic N) is 2. The number of fused-ring (bicyclic) bond motifs is 1. The quantitative estimate of drug-likeness (QED) is 0.920. The van der Waals surface area contributed by atoms with E-state index < -0.39 is 5.60 Å². The lowest BCUT2D eigenvalue weighted by Crippen LogP contribution is -2.60. The molecule has 6 nitrogen and oxygen atoms in total. The first-order valence-corrected chi connectivity index (χ1v) is 8.93. The lowest BCUT2D eigenvalue weighted by molar-refractivity contribution is -0.171. The number of rotatable bonds is 3. The van der Waals surface area contributed by atoms with Gasteiger partial charge in [0.15, 0.2) is 5.60 Å². The first-order valence-electron chi connectivity index (χ1n) is 8.93. The van der Waals surface area contributed by atoms with Crippen LogP contribution in [0.1, 0.15) is 12.5 Å². The van der Waals surface area contributed by atoms with Crippen LogP contribution in [0.2, 0.25) is 0 Å². The van der Waals surface area contributed by atoms with Crippen LogP contribution in [0.15, 0.2) is 30.5 Å². The van der Waals surface area contributed by atoms with E-state index in [1.807, 2.05) is 18.0 Å². The molecule has 6 heteroatoms. The lowest BCUT2D eigenvalue weighted by Gasteiger charge is -2.42. The average molecular weight is 343 g/mol. The Kier molecular flexibility index (Phi) is 4.50. The number of amides is 1. The summed E-state index contributed by atoms with van der Waals surface area (Å²) < 4.78 is 11.3. The van der Waals surface area contributed by atoms with Crippen molar-refractivity contribution in [1.82, 2.24) is 14.8 Å². The van der Waals surface area contributed by atoms with Crippen molar-refractivity contribution >= 4 is 16.8 Å². The molecule has 1 aromatic heterocycles. The fourth-order valence-electron chi connectivity index (χ4n) is 3.77. The zero-order valence-electron chi connectivity index (χ0n) is 14.7. The summed E-state index contributed by atoms with van der Waals surface area (Å²) in [4.78, 5) is 20.4. The zero-order valence-corrected chi connectivity index (χ0v) is 14.7. The molecule has 2 aromatic rings. The fraction of sp³-hybridized carbons (Fsp3) is 0.526. The molecule has 2 aliphatic rings. The summed E-state index contributed by atoms with van der Waals surface area (Å²) in [6.07, 6.45) is 1.96. The van der Waals surface area contributed by atoms with E-state index in [0.717, 1.165) is 18.6 Å². The van der Waals surface area contributed by atoms with Gasteiger partial charge in [0.2, 0.25) is 0 Å². The Bertz CT molecular complexity index is 753. The van der Waals surface area contributed by atoms with E-state index in [-0.39, 0.29) is 5.91 Å². The molecule has 0 radical (unpaired) electrons. The molecule has 1 amide bonds. The summed E-state index contributed by atoms with van der Waals surface area (Å²) in [5.41, 5.74) is 1.63. The normalized spacial score (nSPS) is 25.4. The summed E-state index contributed by atoms with van der Waals surface area (Å²) in [7, 11) is 0. The van der Waals surface area contributed by atoms with Crippen LogP contribution in [-0.2, 0) is 20.8 Å². The molecule has 25 heavy (non-hydrogen) atoms. The summed E-state index contributed by atoms with van der Waals surface area (Å²) in [6.45, 7) is 7.32. The second-order valence-electron chi connectivity index (χ2n) is 7.09. The van der Waals surface area contributed by atoms with E-state index in [1.54, 1.807) is 0 Å². The number of hydrogen-bond acceptors (Lipinski definition) is 4. The number of nitrogens with one attached hydrogen (secondary N) is 1. The van der Waals surface area contributed by atoms with Crippen molar-refractivity contribution in [2.75, 3.05) is 46.0 Å². The van der Waals surface area contributed by atoms with E-state index in [0.29, 0.717) is 39.5 Å². The number of carbonyl (C=O) groups is 1. The molecule has 2 fully saturated rings. The second kappa shape index (κ2) is 6.78. The number of ether oxygens (including phenoxy) is 2. The third kappa shape index (κ3) is 3.42. The minimum Gasteiger partial charge on any atom is -0.378 e. The molecule has 2 saturated heterocycles. The summed E-state index contributed by atoms with van der Waals surface area (Å²) in [6, 6.07) is 8.56. The maximum Gasteiger partial charge on any atom is 0.256 e. The average Bonchev–Trinajstić information content (AvgIpc) is 3.10. The molecule has 0 unspecified atom stereocenters. The Morgan fingerprint density at radius 3 is 2.88 bits per heavy atom. The SMILES string of the molecule is C[C@]1(C(=O)N2CCOCC2)CN(Cc2ccc3cc[nH]c3c2)CCO1. The van der Waals surface area contributed by atoms with Crippen molar-refractivity contribution < 1.29 is 14.3 Å². The van der Waals surface area contributed by atoms with Crippen molar-refractivity contribution in [2.45, 2.75) is 19.1 Å². The van der Waals surface area contributed by atoms with Gasteiger partial charge in [-0.1, -0.05) is 12.1 Å². The highest BCUT2D eigenvalue weighted by Gasteiger charge is 2.42. The molecule has 0 saturated carbocycles. The van der Waals surface area contributed by atoms with Crippen LogP contribution in [0, 0.1) is 0 Å². The van der Waals surface area contributed by atoms with Gasteiger partial charge >= 0.3 is 0 Å². The largest absolute Gasteiger partial charge is 0.378 e. The molecule has 134 valence electrons. The van der Waals surface area contributed by atoms with E-state index in [9.17, 15) is 4.79 Å². The minimum atomic E-state index is -0.772. The monoisotopic (exact) mass is 343 g/mol. The molecule has 0 bridgehead atoms. The second-order valence-corrected chi connectivity index (χ2v) is 7.09. The topological polar surface area (TPSA) is 57.8 Å². The fourth-order valence-corrected chi connectivity index (χ4v) is 3.77. The molecule has 1 aromatic carbocycles. The van der Waals surface area contributed by atoms with Gasteiger partial charge in [-0.15, -0.1) is 0 Å². The van der Waals surface area contributed by atoms with Crippen LogP contribution in [0.3, 0.4) is 0 Å². The Hall–Kier alpha value is -1.89. The van der Waals surface area contributed by atoms with Crippen molar-refractivity contribution in [1.29, 1.82) is 0 Å². The number of aromatic nitrogens is 1. The van der Waals surface area contributed by atoms with E-state index >= 15 is 0 Å². The zero-order chi connectivity index (χ0) is 17.3. The van der Waals surface area contributed by atoms with Crippen LogP contribution in [0.4, 0.5) is 0 Å². The number of carbonyl (C=O) groups excluding carboxylic acids is 1. The number of H-pyrrole nitrogens is 1. The van der Waals surface area contributed by atoms with Gasteiger partial charge < -0.3 is 19.4 Å². The number of morpholine rings is 2. The Labute approximate surface area is 147 Å². The van der Waals surface area contributed by atoms with Gasteiger partial charge in [-0.05, 0) is 30.0 Å². The summed E-state index contributed by atoms with van der Waals surface area (Å²) >= 11 is 0. The summed E-state index contributed by atoms with van der Waals surface area (Å²) in [5.74, 6) is 0.0836. The molecule has 4 rings (SSSR count). The number of aromatic amines is 1. The molecule has 1 atom stereocenters. The van der Waals surface area contributed by atoms with Crippen LogP contribution >= 0.6 is 0 Å². The third-order valence-electron chi connectivity index (χ3n) is 5.13. The van der Waals surface area contributed by atoms with Crippen molar-refractivity contribution in [3.05, 3.63) is 36.0 Å². The highest BCUT2D eigenvalue weighted by Crippen LogP contribution is 2.23. The lowest BCUT2D eigenvalue weighted by atomic mass is 10.0. The van der Waals surface area contributed by atoms with Gasteiger partial charge in [-0.3, -0.25) is 9.69 Å². The van der Waals surface area contributed by atoms with E-state index in [4.69, 9.17) is 9.47 Å². The van der Waals surface area contributed by atoms with Gasteiger partial charge in [0.05, 0.1) is 19.8 Å². The molecule has 1 N–H and O–H groups in total. The third-order valence-corrected chi connectivity index (χ3v) is 5.13. The van der Waals surface area contributed by atoms with Gasteiger partial charge in [-0.25, -0.2) is 0 Å². The van der Waals surface area contributed by atoms with Crippen LogP contribution in [0.5, 0.6) is 0 Å². The predicted molar refractivity (Wildman–Crippen MR) is 95.3 cm³/mol. The molecular formula is C19H25N3O3. The van der Waals surface area contributed by atoms with Gasteiger partial charge in [0, 0.05) is 44.4 Å². The highest BCUT2D eigenvalue weighted by atomic mass is 16.5. The maximum atomic E-state index is 12.9. The Morgan fingerprint density at radius 2 is 2.04 bits per heavy atom. The van der Waals surface area contributed by atoms with E-state index in [2.05, 4.69) is 34.1 Å². The standard InChI is InChI=1S/C19H25N3O3/c1-19(18(23)22-7-9-24-10-8-22)14-21(6-11-25-19)13-15-2-3-16-4-5-20-17(16)12-15/h2-5,12,20H,6-11,13-14H2,1H3/t19-/m1/s1. The minimum absolute atomic E-state index is 0.0836. The number of hydrogen-bond donors (Lipinski definition) is 1. The summed E-state index contributed by atoms with van der Waals surface area (Å²) in [5, 5.41) is 1.22. The van der Waals surface area contributed by atoms with Crippen molar-refractivity contribution in [3.63, 3.8) is 0 Å². The van der Waals surface area contributed by atoms with Crippen LogP contribution in [0.25, 0.3) is 10.9 Å². The number of benzene rings is 1. The highest BCUT2D eigenvalue weighted by molar-refractivity contribution is 5.85. The van der Waals surface area contributed by atoms with Crippen molar-refractivity contribution in [2.24, 2.45) is 0 Å². The van der Waals surface area contributed by atoms with Crippen LogP contribution < -0.4 is 0 Å². The van der Waals surface area contributed by atoms with Gasteiger partial charge in [0.25, 0.3) is 5.91 Å².